The van der Waals surface area contributed by atoms with Crippen LogP contribution in [0.2, 0.25) is 0 Å². The maximum absolute atomic E-state index is 9.47. The van der Waals surface area contributed by atoms with Crippen LogP contribution in [0.3, 0.4) is 0 Å². The average molecular weight is 166 g/mol. The van der Waals surface area contributed by atoms with Gasteiger partial charge in [0, 0.05) is 0 Å². The second kappa shape index (κ2) is 5.07. The van der Waals surface area contributed by atoms with Crippen molar-refractivity contribution in [3.8, 4) is 0 Å². The van der Waals surface area contributed by atoms with Gasteiger partial charge >= 0.3 is 65.7 Å². The van der Waals surface area contributed by atoms with Crippen molar-refractivity contribution in [3.63, 3.8) is 0 Å². The van der Waals surface area contributed by atoms with Crippen LogP contribution < -0.4 is 0 Å². The van der Waals surface area contributed by atoms with E-state index >= 15 is 0 Å². The average Bonchev–Trinajstić information content (AvgIpc) is 1.30. The molecule has 0 atom stereocenters. The van der Waals surface area contributed by atoms with Crippen LogP contribution in [-0.4, -0.2) is 67.6 Å². The van der Waals surface area contributed by atoms with Crippen molar-refractivity contribution in [2.24, 2.45) is 0 Å². The number of hydrogen-bond acceptors (Lipinski definition) is 3. The van der Waals surface area contributed by atoms with E-state index in [0.29, 0.717) is 0 Å². The number of hydrogen-bond donors (Lipinski definition) is 2. The van der Waals surface area contributed by atoms with Crippen molar-refractivity contribution in [2.45, 2.75) is 0 Å². The van der Waals surface area contributed by atoms with Crippen molar-refractivity contribution in [2.75, 3.05) is 0 Å². The second-order valence-electron chi connectivity index (χ2n) is 0.692. The Bertz CT molecular complexity index is 105. The first-order chi connectivity index (χ1) is 3.06. The molecule has 44 valence electrons. The summed E-state index contributed by atoms with van der Waals surface area (Å²) in [6, 6.07) is 0. The molecule has 0 heterocycles. The van der Waals surface area contributed by atoms with E-state index in [2.05, 4.69) is 4.52 Å². The predicted octanol–water partition coefficient (Wildman–Crippen LogP) is -1.40. The van der Waals surface area contributed by atoms with Crippen LogP contribution >= 0.6 is 7.82 Å². The van der Waals surface area contributed by atoms with Crippen molar-refractivity contribution >= 4 is 65.7 Å². The molecule has 0 aromatic rings. The molecular formula is CH4KO5P. The van der Waals surface area contributed by atoms with Gasteiger partial charge in [-0.15, -0.1) is 0 Å². The molecule has 0 aromatic carbocycles. The Labute approximate surface area is 88.1 Å². The first-order valence-corrected chi connectivity index (χ1v) is 2.77. The number of carbonyl (C=O) groups excluding carboxylic acids is 1. The van der Waals surface area contributed by atoms with Crippen molar-refractivity contribution in [3.05, 3.63) is 0 Å². The number of rotatable bonds is 2. The molecule has 0 spiro atoms. The van der Waals surface area contributed by atoms with Gasteiger partial charge in [-0.05, 0) is 0 Å². The molecule has 2 N–H and O–H groups in total. The summed E-state index contributed by atoms with van der Waals surface area (Å²) in [5.41, 5.74) is 0. The molecule has 0 saturated heterocycles. The van der Waals surface area contributed by atoms with E-state index in [1.165, 1.54) is 0 Å². The predicted molar refractivity (Wildman–Crippen MR) is 26.3 cm³/mol. The third kappa shape index (κ3) is 10.3. The summed E-state index contributed by atoms with van der Waals surface area (Å²) in [5.74, 6) is 0. The van der Waals surface area contributed by atoms with Crippen molar-refractivity contribution in [1.82, 2.24) is 0 Å². The molecule has 0 unspecified atom stereocenters. The molecule has 8 heavy (non-hydrogen) atoms. The van der Waals surface area contributed by atoms with Gasteiger partial charge < -0.3 is 4.52 Å². The van der Waals surface area contributed by atoms with Gasteiger partial charge in [0.25, 0.3) is 0 Å². The van der Waals surface area contributed by atoms with E-state index in [4.69, 9.17) is 14.6 Å². The Kier molecular flexibility index (Phi) is 7.60. The van der Waals surface area contributed by atoms with Crippen molar-refractivity contribution in [1.29, 1.82) is 0 Å². The standard InChI is InChI=1S/CH3O5P.K.H/c2-1-6-7(3,4)5;;/h1H,(H2,3,4,5);;. The molecule has 0 aromatic heterocycles. The zero-order valence-electron chi connectivity index (χ0n) is 3.14. The van der Waals surface area contributed by atoms with Gasteiger partial charge in [0.05, 0.1) is 0 Å². The Morgan fingerprint density at radius 1 is 1.50 bits per heavy atom. The molecule has 7 heteroatoms. The quantitative estimate of drug-likeness (QED) is 0.299. The molecule has 0 amide bonds. The van der Waals surface area contributed by atoms with Gasteiger partial charge in [-0.3, -0.25) is 14.6 Å². The summed E-state index contributed by atoms with van der Waals surface area (Å²) in [6.45, 7) is -0.305. The van der Waals surface area contributed by atoms with E-state index in [-0.39, 0.29) is 57.9 Å². The van der Waals surface area contributed by atoms with Gasteiger partial charge in [-0.2, -0.15) is 0 Å². The van der Waals surface area contributed by atoms with E-state index in [1.807, 2.05) is 0 Å². The molecule has 0 aliphatic carbocycles. The van der Waals surface area contributed by atoms with E-state index < -0.39 is 7.82 Å². The van der Waals surface area contributed by atoms with Gasteiger partial charge in [-0.1, -0.05) is 0 Å². The molecule has 0 bridgehead atoms. The number of carbonyl (C=O) groups is 1. The fourth-order valence-electron chi connectivity index (χ4n) is 0.0561. The number of phosphoric ester groups is 1. The first-order valence-electron chi connectivity index (χ1n) is 1.24. The third-order valence-corrected chi connectivity index (χ3v) is 0.541. The Morgan fingerprint density at radius 2 is 1.88 bits per heavy atom. The van der Waals surface area contributed by atoms with Crippen LogP contribution in [0.5, 0.6) is 0 Å². The fraction of sp³-hybridized carbons (Fsp3) is 0. The SMILES string of the molecule is O=COP(=O)(O)O.[KH]. The molecule has 0 radical (unpaired) electrons. The first kappa shape index (κ1) is 12.0. The molecule has 0 rings (SSSR count). The topological polar surface area (TPSA) is 83.8 Å². The fourth-order valence-corrected chi connectivity index (χ4v) is 0.168. The van der Waals surface area contributed by atoms with E-state index in [9.17, 15) is 4.57 Å². The van der Waals surface area contributed by atoms with E-state index in [0.717, 1.165) is 0 Å². The summed E-state index contributed by atoms with van der Waals surface area (Å²) in [4.78, 5) is 24.5. The minimum atomic E-state index is -4.53. The van der Waals surface area contributed by atoms with E-state index in [1.54, 1.807) is 0 Å². The molecule has 0 aliphatic rings. The van der Waals surface area contributed by atoms with Gasteiger partial charge in [0.15, 0.2) is 0 Å². The normalized spacial score (nSPS) is 9.25. The van der Waals surface area contributed by atoms with Crippen molar-refractivity contribution < 1.29 is 23.7 Å². The zero-order valence-corrected chi connectivity index (χ0v) is 4.04. The molecule has 0 fully saturated rings. The monoisotopic (exact) mass is 166 g/mol. The summed E-state index contributed by atoms with van der Waals surface area (Å²) in [7, 11) is -4.53. The van der Waals surface area contributed by atoms with Crippen LogP contribution in [0, 0.1) is 0 Å². The minimum absolute atomic E-state index is 0. The van der Waals surface area contributed by atoms with Gasteiger partial charge in [0.1, 0.15) is 0 Å². The summed E-state index contributed by atoms with van der Waals surface area (Å²) < 4.78 is 12.7. The Hall–Kier alpha value is 1.26. The van der Waals surface area contributed by atoms with Crippen LogP contribution in [0.15, 0.2) is 0 Å². The molecule has 0 aliphatic heterocycles. The summed E-state index contributed by atoms with van der Waals surface area (Å²) in [5, 5.41) is 0. The maximum atomic E-state index is 9.47. The van der Waals surface area contributed by atoms with Crippen LogP contribution in [0.25, 0.3) is 0 Å². The van der Waals surface area contributed by atoms with Crippen LogP contribution in [0.1, 0.15) is 0 Å². The van der Waals surface area contributed by atoms with Gasteiger partial charge in [-0.25, -0.2) is 4.57 Å². The second-order valence-corrected chi connectivity index (χ2v) is 1.88. The molecule has 0 saturated carbocycles. The van der Waals surface area contributed by atoms with Crippen LogP contribution in [0.4, 0.5) is 0 Å². The Morgan fingerprint density at radius 3 is 1.88 bits per heavy atom. The Balaban J connectivity index is 0. The molecule has 5 nitrogen and oxygen atoms in total. The third-order valence-electron chi connectivity index (χ3n) is 0.180. The molecular weight excluding hydrogens is 162 g/mol. The summed E-state index contributed by atoms with van der Waals surface area (Å²) >= 11 is 0. The van der Waals surface area contributed by atoms with Crippen LogP contribution in [-0.2, 0) is 13.9 Å². The zero-order chi connectivity index (χ0) is 5.91. The summed E-state index contributed by atoms with van der Waals surface area (Å²) in [6.07, 6.45) is 0. The number of phosphoric acid groups is 1. The van der Waals surface area contributed by atoms with Gasteiger partial charge in [0.2, 0.25) is 0 Å².